The van der Waals surface area contributed by atoms with Crippen molar-refractivity contribution in [3.63, 3.8) is 0 Å². The zero-order chi connectivity index (χ0) is 14.8. The number of anilines is 1. The van der Waals surface area contributed by atoms with Crippen LogP contribution in [0, 0.1) is 0 Å². The molecule has 1 atom stereocenters. The fourth-order valence-corrected chi connectivity index (χ4v) is 3.08. The average Bonchev–Trinajstić information content (AvgIpc) is 3.18. The second-order valence-electron chi connectivity index (χ2n) is 5.59. The van der Waals surface area contributed by atoms with Gasteiger partial charge in [0.15, 0.2) is 0 Å². The standard InChI is InChI=1S/C15H19N3O3/c19-14(18-9-3-4-12(18)15(20)21)11-5-6-13(16-10-11)17-7-1-2-8-17/h5-6,10,12H,1-4,7-9H2,(H,20,21)/t12-/m0/s1. The van der Waals surface area contributed by atoms with E-state index in [4.69, 9.17) is 5.11 Å². The zero-order valence-corrected chi connectivity index (χ0v) is 11.9. The highest BCUT2D eigenvalue weighted by atomic mass is 16.4. The smallest absolute Gasteiger partial charge is 0.326 e. The molecule has 21 heavy (non-hydrogen) atoms. The number of hydrogen-bond acceptors (Lipinski definition) is 4. The molecular weight excluding hydrogens is 270 g/mol. The minimum Gasteiger partial charge on any atom is -0.480 e. The normalized spacial score (nSPS) is 21.8. The SMILES string of the molecule is O=C(O)[C@@H]1CCCN1C(=O)c1ccc(N2CCCC2)nc1. The molecule has 6 nitrogen and oxygen atoms in total. The highest BCUT2D eigenvalue weighted by molar-refractivity contribution is 5.96. The number of carboxylic acid groups (broad SMARTS) is 1. The average molecular weight is 289 g/mol. The van der Waals surface area contributed by atoms with Crippen molar-refractivity contribution >= 4 is 17.7 Å². The lowest BCUT2D eigenvalue weighted by molar-refractivity contribution is -0.141. The van der Waals surface area contributed by atoms with Gasteiger partial charge in [0.1, 0.15) is 11.9 Å². The first-order valence-electron chi connectivity index (χ1n) is 7.41. The van der Waals surface area contributed by atoms with Gasteiger partial charge in [0.2, 0.25) is 0 Å². The van der Waals surface area contributed by atoms with Crippen LogP contribution in [0.1, 0.15) is 36.0 Å². The number of hydrogen-bond donors (Lipinski definition) is 1. The fourth-order valence-electron chi connectivity index (χ4n) is 3.08. The summed E-state index contributed by atoms with van der Waals surface area (Å²) in [5.74, 6) is -0.275. The molecular formula is C15H19N3O3. The Kier molecular flexibility index (Phi) is 3.77. The first-order valence-corrected chi connectivity index (χ1v) is 7.41. The van der Waals surface area contributed by atoms with Crippen LogP contribution in [-0.2, 0) is 4.79 Å². The lowest BCUT2D eigenvalue weighted by atomic mass is 10.2. The Balaban J connectivity index is 1.74. The minimum absolute atomic E-state index is 0.236. The van der Waals surface area contributed by atoms with Crippen LogP contribution >= 0.6 is 0 Å². The molecule has 0 bridgehead atoms. The lowest BCUT2D eigenvalue weighted by Crippen LogP contribution is -2.40. The maximum atomic E-state index is 12.4. The molecule has 2 aliphatic rings. The Hall–Kier alpha value is -2.11. The number of carbonyl (C=O) groups is 2. The molecule has 1 aromatic rings. The van der Waals surface area contributed by atoms with Gasteiger partial charge in [-0.2, -0.15) is 0 Å². The molecule has 3 heterocycles. The summed E-state index contributed by atoms with van der Waals surface area (Å²) >= 11 is 0. The van der Waals surface area contributed by atoms with Gasteiger partial charge in [-0.25, -0.2) is 9.78 Å². The van der Waals surface area contributed by atoms with Crippen LogP contribution < -0.4 is 4.90 Å². The zero-order valence-electron chi connectivity index (χ0n) is 11.9. The summed E-state index contributed by atoms with van der Waals surface area (Å²) < 4.78 is 0. The third kappa shape index (κ3) is 2.70. The van der Waals surface area contributed by atoms with Crippen molar-refractivity contribution in [1.82, 2.24) is 9.88 Å². The number of likely N-dealkylation sites (tertiary alicyclic amines) is 1. The van der Waals surface area contributed by atoms with E-state index in [1.54, 1.807) is 12.3 Å². The summed E-state index contributed by atoms with van der Waals surface area (Å²) in [6.45, 7) is 2.52. The maximum Gasteiger partial charge on any atom is 0.326 e. The van der Waals surface area contributed by atoms with Crippen LogP contribution in [0.25, 0.3) is 0 Å². The van der Waals surface area contributed by atoms with Gasteiger partial charge in [-0.15, -0.1) is 0 Å². The van der Waals surface area contributed by atoms with Crippen molar-refractivity contribution in [3.05, 3.63) is 23.9 Å². The minimum atomic E-state index is -0.928. The molecule has 0 aliphatic carbocycles. The molecule has 0 aromatic carbocycles. The third-order valence-electron chi connectivity index (χ3n) is 4.22. The van der Waals surface area contributed by atoms with Crippen LogP contribution in [0.2, 0.25) is 0 Å². The van der Waals surface area contributed by atoms with Gasteiger partial charge >= 0.3 is 5.97 Å². The molecule has 112 valence electrons. The van der Waals surface area contributed by atoms with Gasteiger partial charge in [-0.05, 0) is 37.8 Å². The largest absolute Gasteiger partial charge is 0.480 e. The van der Waals surface area contributed by atoms with E-state index in [9.17, 15) is 9.59 Å². The van der Waals surface area contributed by atoms with Crippen molar-refractivity contribution in [2.45, 2.75) is 31.7 Å². The van der Waals surface area contributed by atoms with Crippen LogP contribution in [-0.4, -0.2) is 52.5 Å². The van der Waals surface area contributed by atoms with Crippen LogP contribution in [0.4, 0.5) is 5.82 Å². The van der Waals surface area contributed by atoms with E-state index in [-0.39, 0.29) is 5.91 Å². The predicted molar refractivity (Wildman–Crippen MR) is 77.4 cm³/mol. The van der Waals surface area contributed by atoms with Gasteiger partial charge in [0, 0.05) is 25.8 Å². The Labute approximate surface area is 123 Å². The van der Waals surface area contributed by atoms with E-state index in [0.29, 0.717) is 18.5 Å². The van der Waals surface area contributed by atoms with E-state index in [1.165, 1.54) is 17.7 Å². The van der Waals surface area contributed by atoms with Gasteiger partial charge in [-0.1, -0.05) is 0 Å². The summed E-state index contributed by atoms with van der Waals surface area (Å²) in [6, 6.07) is 2.90. The number of pyridine rings is 1. The predicted octanol–water partition coefficient (Wildman–Crippen LogP) is 1.37. The summed E-state index contributed by atoms with van der Waals surface area (Å²) in [4.78, 5) is 31.6. The van der Waals surface area contributed by atoms with E-state index < -0.39 is 12.0 Å². The van der Waals surface area contributed by atoms with E-state index in [0.717, 1.165) is 25.3 Å². The second kappa shape index (κ2) is 5.71. The molecule has 2 fully saturated rings. The lowest BCUT2D eigenvalue weighted by Gasteiger charge is -2.22. The molecule has 6 heteroatoms. The number of carbonyl (C=O) groups excluding carboxylic acids is 1. The Morgan fingerprint density at radius 2 is 1.90 bits per heavy atom. The highest BCUT2D eigenvalue weighted by Gasteiger charge is 2.34. The quantitative estimate of drug-likeness (QED) is 0.909. The number of aromatic nitrogens is 1. The van der Waals surface area contributed by atoms with E-state index >= 15 is 0 Å². The van der Waals surface area contributed by atoms with Crippen molar-refractivity contribution in [2.75, 3.05) is 24.5 Å². The summed E-state index contributed by atoms with van der Waals surface area (Å²) in [7, 11) is 0. The first kappa shape index (κ1) is 13.9. The number of aliphatic carboxylic acids is 1. The van der Waals surface area contributed by atoms with Crippen LogP contribution in [0.15, 0.2) is 18.3 Å². The summed E-state index contributed by atoms with van der Waals surface area (Å²) in [5, 5.41) is 9.15. The number of amides is 1. The molecule has 1 amide bonds. The monoisotopic (exact) mass is 289 g/mol. The highest BCUT2D eigenvalue weighted by Crippen LogP contribution is 2.22. The van der Waals surface area contributed by atoms with Gasteiger partial charge < -0.3 is 14.9 Å². The molecule has 3 rings (SSSR count). The summed E-state index contributed by atoms with van der Waals surface area (Å²) in [6.07, 6.45) is 5.18. The van der Waals surface area contributed by atoms with Crippen molar-refractivity contribution in [2.24, 2.45) is 0 Å². The van der Waals surface area contributed by atoms with E-state index in [1.807, 2.05) is 6.07 Å². The molecule has 1 aromatic heterocycles. The van der Waals surface area contributed by atoms with Gasteiger partial charge in [-0.3, -0.25) is 4.79 Å². The summed E-state index contributed by atoms with van der Waals surface area (Å²) in [5.41, 5.74) is 0.464. The molecule has 0 saturated carbocycles. The molecule has 2 aliphatic heterocycles. The molecule has 2 saturated heterocycles. The second-order valence-corrected chi connectivity index (χ2v) is 5.59. The van der Waals surface area contributed by atoms with Gasteiger partial charge in [0.05, 0.1) is 5.56 Å². The molecule has 1 N–H and O–H groups in total. The maximum absolute atomic E-state index is 12.4. The Bertz CT molecular complexity index is 538. The van der Waals surface area contributed by atoms with Crippen molar-refractivity contribution in [3.8, 4) is 0 Å². The molecule has 0 unspecified atom stereocenters. The third-order valence-corrected chi connectivity index (χ3v) is 4.22. The number of carboxylic acids is 1. The fraction of sp³-hybridized carbons (Fsp3) is 0.533. The number of rotatable bonds is 3. The number of nitrogens with zero attached hydrogens (tertiary/aromatic N) is 3. The van der Waals surface area contributed by atoms with Crippen LogP contribution in [0.3, 0.4) is 0 Å². The Morgan fingerprint density at radius 3 is 2.52 bits per heavy atom. The molecule has 0 radical (unpaired) electrons. The molecule has 0 spiro atoms. The van der Waals surface area contributed by atoms with E-state index in [2.05, 4.69) is 9.88 Å². The first-order chi connectivity index (χ1) is 10.2. The van der Waals surface area contributed by atoms with Crippen molar-refractivity contribution < 1.29 is 14.7 Å². The van der Waals surface area contributed by atoms with Crippen LogP contribution in [0.5, 0.6) is 0 Å². The Morgan fingerprint density at radius 1 is 1.14 bits per heavy atom. The van der Waals surface area contributed by atoms with Gasteiger partial charge in [0.25, 0.3) is 5.91 Å². The van der Waals surface area contributed by atoms with Crippen molar-refractivity contribution in [1.29, 1.82) is 0 Å². The topological polar surface area (TPSA) is 73.7 Å².